The maximum absolute atomic E-state index is 4.47. The number of anilines is 2. The molecule has 8 nitrogen and oxygen atoms in total. The predicted molar refractivity (Wildman–Crippen MR) is 85.2 cm³/mol. The van der Waals surface area contributed by atoms with Crippen molar-refractivity contribution in [1.29, 1.82) is 0 Å². The van der Waals surface area contributed by atoms with E-state index < -0.39 is 0 Å². The third-order valence-electron chi connectivity index (χ3n) is 3.18. The van der Waals surface area contributed by atoms with Gasteiger partial charge in [0.05, 0.1) is 0 Å². The summed E-state index contributed by atoms with van der Waals surface area (Å²) in [6.07, 6.45) is 6.19. The molecule has 0 radical (unpaired) electrons. The van der Waals surface area contributed by atoms with Gasteiger partial charge in [0.1, 0.15) is 12.7 Å². The summed E-state index contributed by atoms with van der Waals surface area (Å²) < 4.78 is 1.52. The lowest BCUT2D eigenvalue weighted by molar-refractivity contribution is 0.648. The van der Waals surface area contributed by atoms with Crippen LogP contribution in [0.1, 0.15) is 13.3 Å². The zero-order valence-corrected chi connectivity index (χ0v) is 13.5. The molecule has 0 aliphatic carbocycles. The van der Waals surface area contributed by atoms with Crippen LogP contribution < -0.4 is 10.2 Å². The van der Waals surface area contributed by atoms with E-state index in [1.807, 2.05) is 18.8 Å². The van der Waals surface area contributed by atoms with Crippen LogP contribution in [0.3, 0.4) is 0 Å². The summed E-state index contributed by atoms with van der Waals surface area (Å²) in [5, 5.41) is 7.01. The van der Waals surface area contributed by atoms with Crippen LogP contribution >= 0.6 is 11.8 Å². The molecule has 0 bridgehead atoms. The normalized spacial score (nSPS) is 12.2. The summed E-state index contributed by atoms with van der Waals surface area (Å²) in [5.74, 6) is 2.68. The van der Waals surface area contributed by atoms with Crippen molar-refractivity contribution in [3.05, 3.63) is 12.7 Å². The Morgan fingerprint density at radius 1 is 1.38 bits per heavy atom. The highest BCUT2D eigenvalue weighted by molar-refractivity contribution is 7.98. The molecule has 0 saturated heterocycles. The number of nitrogens with one attached hydrogen (secondary N) is 1. The van der Waals surface area contributed by atoms with Gasteiger partial charge in [-0.1, -0.05) is 0 Å². The quantitative estimate of drug-likeness (QED) is 0.813. The van der Waals surface area contributed by atoms with Crippen LogP contribution in [0.15, 0.2) is 12.7 Å². The van der Waals surface area contributed by atoms with Gasteiger partial charge in [0, 0.05) is 20.1 Å². The lowest BCUT2D eigenvalue weighted by atomic mass is 10.2. The summed E-state index contributed by atoms with van der Waals surface area (Å²) >= 11 is 1.84. The second kappa shape index (κ2) is 7.21. The lowest BCUT2D eigenvalue weighted by Crippen LogP contribution is -2.31. The van der Waals surface area contributed by atoms with Crippen LogP contribution in [-0.4, -0.2) is 61.9 Å². The molecule has 0 amide bonds. The molecule has 114 valence electrons. The fourth-order valence-electron chi connectivity index (χ4n) is 1.72. The Morgan fingerprint density at radius 3 is 2.81 bits per heavy atom. The maximum atomic E-state index is 4.47. The van der Waals surface area contributed by atoms with Crippen LogP contribution in [0.2, 0.25) is 0 Å². The Labute approximate surface area is 128 Å². The molecule has 0 fully saturated rings. The van der Waals surface area contributed by atoms with E-state index in [1.54, 1.807) is 13.4 Å². The lowest BCUT2D eigenvalue weighted by Gasteiger charge is -2.25. The van der Waals surface area contributed by atoms with Crippen molar-refractivity contribution >= 4 is 23.7 Å². The number of hydrogen-bond acceptors (Lipinski definition) is 8. The molecule has 0 spiro atoms. The van der Waals surface area contributed by atoms with Gasteiger partial charge in [-0.05, 0) is 25.4 Å². The number of nitrogens with zero attached hydrogens (tertiary/aromatic N) is 7. The number of aromatic nitrogens is 6. The molecule has 2 heterocycles. The Kier molecular flexibility index (Phi) is 5.32. The molecule has 0 aliphatic heterocycles. The molecule has 9 heteroatoms. The van der Waals surface area contributed by atoms with Crippen molar-refractivity contribution in [2.75, 3.05) is 36.3 Å². The first-order valence-corrected chi connectivity index (χ1v) is 8.05. The highest BCUT2D eigenvalue weighted by Gasteiger charge is 2.16. The average molecular weight is 308 g/mol. The number of rotatable bonds is 7. The van der Waals surface area contributed by atoms with E-state index in [2.05, 4.69) is 48.4 Å². The smallest absolute Gasteiger partial charge is 0.258 e. The minimum atomic E-state index is 0.341. The van der Waals surface area contributed by atoms with E-state index in [1.165, 1.54) is 11.0 Å². The van der Waals surface area contributed by atoms with E-state index in [-0.39, 0.29) is 0 Å². The first kappa shape index (κ1) is 15.5. The van der Waals surface area contributed by atoms with Gasteiger partial charge in [-0.2, -0.15) is 36.5 Å². The van der Waals surface area contributed by atoms with Gasteiger partial charge < -0.3 is 10.2 Å². The van der Waals surface area contributed by atoms with Gasteiger partial charge in [-0.25, -0.2) is 4.98 Å². The molecule has 0 aromatic carbocycles. The van der Waals surface area contributed by atoms with Crippen molar-refractivity contribution in [1.82, 2.24) is 29.7 Å². The molecule has 2 aromatic heterocycles. The highest BCUT2D eigenvalue weighted by atomic mass is 32.2. The Morgan fingerprint density at radius 2 is 2.19 bits per heavy atom. The zero-order chi connectivity index (χ0) is 15.2. The fraction of sp³-hybridized carbons (Fsp3) is 0.583. The molecule has 1 atom stereocenters. The molecule has 2 rings (SSSR count). The first-order chi connectivity index (χ1) is 10.2. The van der Waals surface area contributed by atoms with E-state index in [0.29, 0.717) is 23.9 Å². The summed E-state index contributed by atoms with van der Waals surface area (Å²) in [6.45, 7) is 2.16. The summed E-state index contributed by atoms with van der Waals surface area (Å²) in [6, 6.07) is 0.341. The molecular weight excluding hydrogens is 288 g/mol. The van der Waals surface area contributed by atoms with Gasteiger partial charge in [0.2, 0.25) is 11.9 Å². The largest absolute Gasteiger partial charge is 0.357 e. The van der Waals surface area contributed by atoms with Crippen LogP contribution in [0, 0.1) is 0 Å². The van der Waals surface area contributed by atoms with Crippen LogP contribution in [0.25, 0.3) is 5.95 Å². The first-order valence-electron chi connectivity index (χ1n) is 6.66. The maximum Gasteiger partial charge on any atom is 0.258 e. The van der Waals surface area contributed by atoms with Gasteiger partial charge in [0.25, 0.3) is 5.95 Å². The molecule has 0 aliphatic rings. The van der Waals surface area contributed by atoms with Crippen molar-refractivity contribution in [3.8, 4) is 5.95 Å². The van der Waals surface area contributed by atoms with Gasteiger partial charge in [0.15, 0.2) is 0 Å². The van der Waals surface area contributed by atoms with E-state index in [0.717, 1.165) is 12.2 Å². The fourth-order valence-corrected chi connectivity index (χ4v) is 2.29. The summed E-state index contributed by atoms with van der Waals surface area (Å²) in [5.41, 5.74) is 0. The monoisotopic (exact) mass is 308 g/mol. The van der Waals surface area contributed by atoms with Crippen molar-refractivity contribution in [2.45, 2.75) is 19.4 Å². The summed E-state index contributed by atoms with van der Waals surface area (Å²) in [7, 11) is 3.77. The zero-order valence-electron chi connectivity index (χ0n) is 12.7. The van der Waals surface area contributed by atoms with Gasteiger partial charge in [-0.3, -0.25) is 0 Å². The number of hydrogen-bond donors (Lipinski definition) is 1. The Hall–Kier alpha value is -1.90. The average Bonchev–Trinajstić information content (AvgIpc) is 3.05. The van der Waals surface area contributed by atoms with Gasteiger partial charge in [-0.15, -0.1) is 0 Å². The topological polar surface area (TPSA) is 84.7 Å². The van der Waals surface area contributed by atoms with E-state index >= 15 is 0 Å². The Balaban J connectivity index is 2.28. The van der Waals surface area contributed by atoms with Crippen molar-refractivity contribution < 1.29 is 0 Å². The summed E-state index contributed by atoms with van der Waals surface area (Å²) in [4.78, 5) is 19.2. The SMILES string of the molecule is CNc1nc(N(C)C(C)CCSC)nc(-n2cncn2)n1. The predicted octanol–water partition coefficient (Wildman–Crippen LogP) is 1.07. The van der Waals surface area contributed by atoms with E-state index in [4.69, 9.17) is 0 Å². The molecular formula is C12H20N8S. The third kappa shape index (κ3) is 3.81. The molecule has 2 aromatic rings. The standard InChI is InChI=1S/C12H20N8S/c1-9(5-6-21-4)19(3)11-16-10(13-2)17-12(18-11)20-8-14-7-15-20/h7-9H,5-6H2,1-4H3,(H,13,16,17,18). The third-order valence-corrected chi connectivity index (χ3v) is 3.82. The number of thioether (sulfide) groups is 1. The second-order valence-electron chi connectivity index (χ2n) is 4.59. The van der Waals surface area contributed by atoms with E-state index in [9.17, 15) is 0 Å². The Bertz CT molecular complexity index is 558. The molecule has 1 unspecified atom stereocenters. The highest BCUT2D eigenvalue weighted by Crippen LogP contribution is 2.16. The van der Waals surface area contributed by atoms with Crippen LogP contribution in [0.4, 0.5) is 11.9 Å². The van der Waals surface area contributed by atoms with Crippen LogP contribution in [0.5, 0.6) is 0 Å². The second-order valence-corrected chi connectivity index (χ2v) is 5.58. The van der Waals surface area contributed by atoms with Crippen LogP contribution in [-0.2, 0) is 0 Å². The molecule has 21 heavy (non-hydrogen) atoms. The minimum absolute atomic E-state index is 0.341. The molecule has 1 N–H and O–H groups in total. The minimum Gasteiger partial charge on any atom is -0.357 e. The van der Waals surface area contributed by atoms with Crippen molar-refractivity contribution in [3.63, 3.8) is 0 Å². The molecule has 0 saturated carbocycles. The van der Waals surface area contributed by atoms with Crippen molar-refractivity contribution in [2.24, 2.45) is 0 Å². The van der Waals surface area contributed by atoms with Gasteiger partial charge >= 0.3 is 0 Å².